The summed E-state index contributed by atoms with van der Waals surface area (Å²) in [4.78, 5) is 14.5. The van der Waals surface area contributed by atoms with E-state index in [1.54, 1.807) is 14.2 Å². The predicted octanol–water partition coefficient (Wildman–Crippen LogP) is 1.51. The average Bonchev–Trinajstić information content (AvgIpc) is 2.60. The minimum atomic E-state index is -0.247. The molecular formula is C18H26N2O4. The smallest absolute Gasteiger partial charge is 0.311 e. The third-order valence-electron chi connectivity index (χ3n) is 5.15. The van der Waals surface area contributed by atoms with Crippen molar-refractivity contribution < 1.29 is 19.0 Å². The molecule has 1 aromatic rings. The molecule has 1 saturated heterocycles. The van der Waals surface area contributed by atoms with Gasteiger partial charge in [-0.2, -0.15) is 0 Å². The van der Waals surface area contributed by atoms with Crippen molar-refractivity contribution in [2.75, 3.05) is 33.9 Å². The quantitative estimate of drug-likeness (QED) is 0.842. The van der Waals surface area contributed by atoms with Gasteiger partial charge in [-0.25, -0.2) is 0 Å². The summed E-state index contributed by atoms with van der Waals surface area (Å²) in [6.07, 6.45) is 1.67. The molecule has 0 unspecified atom stereocenters. The number of fused-ring (bicyclic) bond motifs is 3. The van der Waals surface area contributed by atoms with Gasteiger partial charge < -0.3 is 19.9 Å². The van der Waals surface area contributed by atoms with Gasteiger partial charge in [0.25, 0.3) is 0 Å². The number of hydrogen-bond donors (Lipinski definition) is 1. The van der Waals surface area contributed by atoms with Crippen LogP contribution in [0, 0.1) is 5.92 Å². The Labute approximate surface area is 142 Å². The summed E-state index contributed by atoms with van der Waals surface area (Å²) < 4.78 is 16.0. The molecule has 2 aliphatic heterocycles. The van der Waals surface area contributed by atoms with E-state index < -0.39 is 0 Å². The zero-order valence-electron chi connectivity index (χ0n) is 14.6. The molecule has 0 radical (unpaired) electrons. The zero-order chi connectivity index (χ0) is 17.3. The lowest BCUT2D eigenvalue weighted by atomic mass is 9.80. The number of piperidine rings is 1. The monoisotopic (exact) mass is 334 g/mol. The third kappa shape index (κ3) is 2.96. The number of carbonyl (C=O) groups excluding carboxylic acids is 1. The van der Waals surface area contributed by atoms with Crippen LogP contribution in [0.5, 0.6) is 11.5 Å². The van der Waals surface area contributed by atoms with Crippen molar-refractivity contribution in [1.82, 2.24) is 4.90 Å². The van der Waals surface area contributed by atoms with Crippen LogP contribution in [0.15, 0.2) is 12.1 Å². The van der Waals surface area contributed by atoms with Crippen LogP contribution in [0.1, 0.15) is 30.5 Å². The van der Waals surface area contributed by atoms with Crippen LogP contribution in [-0.4, -0.2) is 50.8 Å². The predicted molar refractivity (Wildman–Crippen MR) is 90.3 cm³/mol. The number of carbonyl (C=O) groups is 1. The van der Waals surface area contributed by atoms with Gasteiger partial charge in [-0.15, -0.1) is 0 Å². The van der Waals surface area contributed by atoms with Gasteiger partial charge in [0.2, 0.25) is 0 Å². The number of benzene rings is 1. The molecule has 0 spiro atoms. The van der Waals surface area contributed by atoms with E-state index in [1.165, 1.54) is 11.1 Å². The summed E-state index contributed by atoms with van der Waals surface area (Å²) in [5.74, 6) is 1.07. The summed E-state index contributed by atoms with van der Waals surface area (Å²) in [5, 5.41) is 0. The molecule has 1 fully saturated rings. The fourth-order valence-corrected chi connectivity index (χ4v) is 3.88. The Hall–Kier alpha value is -1.79. The number of hydrogen-bond acceptors (Lipinski definition) is 6. The molecule has 24 heavy (non-hydrogen) atoms. The van der Waals surface area contributed by atoms with E-state index in [4.69, 9.17) is 19.9 Å². The molecular weight excluding hydrogens is 308 g/mol. The van der Waals surface area contributed by atoms with E-state index in [9.17, 15) is 4.79 Å². The van der Waals surface area contributed by atoms with Crippen molar-refractivity contribution in [3.05, 3.63) is 23.3 Å². The summed E-state index contributed by atoms with van der Waals surface area (Å²) in [6, 6.07) is 4.15. The van der Waals surface area contributed by atoms with E-state index in [1.807, 2.05) is 6.92 Å². The van der Waals surface area contributed by atoms with Crippen LogP contribution in [0.3, 0.4) is 0 Å². The maximum Gasteiger partial charge on any atom is 0.311 e. The van der Waals surface area contributed by atoms with E-state index >= 15 is 0 Å². The number of rotatable bonds is 4. The summed E-state index contributed by atoms with van der Waals surface area (Å²) in [7, 11) is 3.30. The summed E-state index contributed by atoms with van der Waals surface area (Å²) in [6.45, 7) is 3.78. The first kappa shape index (κ1) is 17.0. The molecule has 3 rings (SSSR count). The SMILES string of the molecule is CCOC(=O)[C@H]1CN2CCc3cc(OC)c(OC)cc3[C@@H]2C[C@@H]1N. The Bertz CT molecular complexity index is 619. The molecule has 1 aromatic carbocycles. The molecule has 6 nitrogen and oxygen atoms in total. The van der Waals surface area contributed by atoms with Crippen molar-refractivity contribution in [2.24, 2.45) is 11.7 Å². The Morgan fingerprint density at radius 1 is 1.29 bits per heavy atom. The van der Waals surface area contributed by atoms with Crippen molar-refractivity contribution in [1.29, 1.82) is 0 Å². The standard InChI is InChI=1S/C18H26N2O4/c1-4-24-18(21)13-10-20-6-5-11-7-16(22-2)17(23-3)8-12(11)15(20)9-14(13)19/h7-8,13-15H,4-6,9-10,19H2,1-3H3/t13-,14-,15-/m0/s1. The van der Waals surface area contributed by atoms with Crippen LogP contribution in [0.4, 0.5) is 0 Å². The highest BCUT2D eigenvalue weighted by Crippen LogP contribution is 2.42. The topological polar surface area (TPSA) is 74.0 Å². The molecule has 3 atom stereocenters. The largest absolute Gasteiger partial charge is 0.493 e. The van der Waals surface area contributed by atoms with Crippen molar-refractivity contribution in [2.45, 2.75) is 31.8 Å². The maximum atomic E-state index is 12.1. The first-order chi connectivity index (χ1) is 11.6. The maximum absolute atomic E-state index is 12.1. The molecule has 0 amide bonds. The van der Waals surface area contributed by atoms with Crippen LogP contribution in [0.2, 0.25) is 0 Å². The first-order valence-corrected chi connectivity index (χ1v) is 8.50. The van der Waals surface area contributed by atoms with E-state index in [0.29, 0.717) is 13.2 Å². The van der Waals surface area contributed by atoms with Gasteiger partial charge in [-0.1, -0.05) is 0 Å². The minimum absolute atomic E-state index is 0.179. The Kier molecular flexibility index (Phi) is 4.96. The second-order valence-corrected chi connectivity index (χ2v) is 6.42. The highest BCUT2D eigenvalue weighted by molar-refractivity contribution is 5.73. The van der Waals surface area contributed by atoms with E-state index in [2.05, 4.69) is 17.0 Å². The number of esters is 1. The molecule has 0 aliphatic carbocycles. The number of ether oxygens (including phenoxy) is 3. The van der Waals surface area contributed by atoms with Crippen molar-refractivity contribution in [3.8, 4) is 11.5 Å². The van der Waals surface area contributed by atoms with Gasteiger partial charge in [0.15, 0.2) is 11.5 Å². The lowest BCUT2D eigenvalue weighted by Gasteiger charge is -2.45. The van der Waals surface area contributed by atoms with Crippen LogP contribution >= 0.6 is 0 Å². The van der Waals surface area contributed by atoms with E-state index in [-0.39, 0.29) is 24.0 Å². The van der Waals surface area contributed by atoms with Gasteiger partial charge >= 0.3 is 5.97 Å². The van der Waals surface area contributed by atoms with Gasteiger partial charge in [0, 0.05) is 25.2 Å². The molecule has 6 heteroatoms. The molecule has 132 valence electrons. The van der Waals surface area contributed by atoms with Gasteiger partial charge in [0.05, 0.1) is 26.7 Å². The Morgan fingerprint density at radius 2 is 2.00 bits per heavy atom. The number of methoxy groups -OCH3 is 2. The molecule has 2 N–H and O–H groups in total. The lowest BCUT2D eigenvalue weighted by Crippen LogP contribution is -2.53. The average molecular weight is 334 g/mol. The Balaban J connectivity index is 1.87. The minimum Gasteiger partial charge on any atom is -0.493 e. The zero-order valence-corrected chi connectivity index (χ0v) is 14.6. The molecule has 0 bridgehead atoms. The lowest BCUT2D eigenvalue weighted by molar-refractivity contribution is -0.151. The van der Waals surface area contributed by atoms with Gasteiger partial charge in [-0.3, -0.25) is 9.69 Å². The second-order valence-electron chi connectivity index (χ2n) is 6.42. The summed E-state index contributed by atoms with van der Waals surface area (Å²) >= 11 is 0. The molecule has 0 aromatic heterocycles. The molecule has 2 aliphatic rings. The highest BCUT2D eigenvalue weighted by atomic mass is 16.5. The Morgan fingerprint density at radius 3 is 2.67 bits per heavy atom. The highest BCUT2D eigenvalue weighted by Gasteiger charge is 2.41. The van der Waals surface area contributed by atoms with Gasteiger partial charge in [-0.05, 0) is 43.0 Å². The third-order valence-corrected chi connectivity index (χ3v) is 5.15. The van der Waals surface area contributed by atoms with E-state index in [0.717, 1.165) is 30.9 Å². The van der Waals surface area contributed by atoms with Gasteiger partial charge in [0.1, 0.15) is 0 Å². The van der Waals surface area contributed by atoms with Crippen molar-refractivity contribution in [3.63, 3.8) is 0 Å². The summed E-state index contributed by atoms with van der Waals surface area (Å²) in [5.41, 5.74) is 8.82. The number of nitrogens with two attached hydrogens (primary N) is 1. The first-order valence-electron chi connectivity index (χ1n) is 8.50. The fraction of sp³-hybridized carbons (Fsp3) is 0.611. The second kappa shape index (κ2) is 6.99. The van der Waals surface area contributed by atoms with Crippen LogP contribution < -0.4 is 15.2 Å². The molecule has 0 saturated carbocycles. The normalized spacial score (nSPS) is 26.2. The van der Waals surface area contributed by atoms with Crippen LogP contribution in [-0.2, 0) is 16.0 Å². The van der Waals surface area contributed by atoms with Crippen LogP contribution in [0.25, 0.3) is 0 Å². The number of nitrogens with zero attached hydrogens (tertiary/aromatic N) is 1. The fourth-order valence-electron chi connectivity index (χ4n) is 3.88. The van der Waals surface area contributed by atoms with Crippen molar-refractivity contribution >= 4 is 5.97 Å². The molecule has 2 heterocycles.